The van der Waals surface area contributed by atoms with Crippen LogP contribution in [0.1, 0.15) is 20.8 Å². The van der Waals surface area contributed by atoms with E-state index in [1.54, 1.807) is 29.2 Å². The second kappa shape index (κ2) is 7.57. The molecule has 4 rings (SSSR count). The van der Waals surface area contributed by atoms with Crippen LogP contribution in [0.25, 0.3) is 0 Å². The minimum absolute atomic E-state index is 0.0786. The molecule has 2 heterocycles. The first-order chi connectivity index (χ1) is 13.8. The molecule has 0 unspecified atom stereocenters. The summed E-state index contributed by atoms with van der Waals surface area (Å²) in [4.78, 5) is 13.9. The molecule has 0 radical (unpaired) electrons. The van der Waals surface area contributed by atoms with Crippen molar-refractivity contribution in [3.8, 4) is 0 Å². The van der Waals surface area contributed by atoms with E-state index in [-0.39, 0.29) is 11.6 Å². The number of carbonyl (C=O) groups is 1. The van der Waals surface area contributed by atoms with E-state index in [1.807, 2.05) is 11.4 Å². The molecule has 0 aliphatic carbocycles. The van der Waals surface area contributed by atoms with Gasteiger partial charge in [0.25, 0.3) is 15.9 Å². The lowest BCUT2D eigenvalue weighted by molar-refractivity contribution is 0.0739. The summed E-state index contributed by atoms with van der Waals surface area (Å²) < 4.78 is 55.0. The smallest absolute Gasteiger partial charge is 0.267 e. The molecule has 0 atom stereocenters. The highest BCUT2D eigenvalue weighted by atomic mass is 32.2. The highest BCUT2D eigenvalue weighted by Gasteiger charge is 2.26. The van der Waals surface area contributed by atoms with Gasteiger partial charge in [-0.25, -0.2) is 17.2 Å². The van der Waals surface area contributed by atoms with Crippen molar-refractivity contribution in [2.24, 2.45) is 0 Å². The van der Waals surface area contributed by atoms with Crippen LogP contribution in [0.4, 0.5) is 14.5 Å². The number of rotatable bonds is 4. The fourth-order valence-corrected chi connectivity index (χ4v) is 5.18. The van der Waals surface area contributed by atoms with Crippen molar-refractivity contribution < 1.29 is 22.0 Å². The van der Waals surface area contributed by atoms with Crippen LogP contribution in [0.2, 0.25) is 0 Å². The number of carbonyl (C=O) groups excluding carboxylic acids is 1. The van der Waals surface area contributed by atoms with E-state index in [9.17, 15) is 22.0 Å². The third-order valence-electron chi connectivity index (χ3n) is 4.68. The molecule has 0 saturated carbocycles. The maximum absolute atomic E-state index is 13.9. The zero-order chi connectivity index (χ0) is 20.6. The van der Waals surface area contributed by atoms with Gasteiger partial charge in [-0.3, -0.25) is 9.52 Å². The Bertz CT molecular complexity index is 1160. The minimum Gasteiger partial charge on any atom is -0.333 e. The van der Waals surface area contributed by atoms with Gasteiger partial charge in [-0.15, -0.1) is 11.3 Å². The molecule has 5 nitrogen and oxygen atoms in total. The molecule has 1 aliphatic rings. The molecule has 0 saturated heterocycles. The monoisotopic (exact) mass is 434 g/mol. The highest BCUT2D eigenvalue weighted by Crippen LogP contribution is 2.27. The van der Waals surface area contributed by atoms with Crippen molar-refractivity contribution >= 4 is 33.0 Å². The lowest BCUT2D eigenvalue weighted by atomic mass is 9.99. The quantitative estimate of drug-likeness (QED) is 0.674. The maximum atomic E-state index is 13.9. The van der Waals surface area contributed by atoms with Gasteiger partial charge in [0.1, 0.15) is 11.6 Å². The predicted molar refractivity (Wildman–Crippen MR) is 106 cm³/mol. The molecule has 0 fully saturated rings. The van der Waals surface area contributed by atoms with Gasteiger partial charge in [-0.2, -0.15) is 0 Å². The SMILES string of the molecule is O=C(c1cccs1)N1CCc2ccc(NS(=O)(=O)c3c(F)cccc3F)cc2C1. The van der Waals surface area contributed by atoms with E-state index in [0.717, 1.165) is 29.3 Å². The van der Waals surface area contributed by atoms with Crippen LogP contribution >= 0.6 is 11.3 Å². The van der Waals surface area contributed by atoms with Gasteiger partial charge in [-0.05, 0) is 53.3 Å². The van der Waals surface area contributed by atoms with Crippen LogP contribution in [0.15, 0.2) is 58.8 Å². The van der Waals surface area contributed by atoms with E-state index >= 15 is 0 Å². The van der Waals surface area contributed by atoms with Gasteiger partial charge >= 0.3 is 0 Å². The second-order valence-electron chi connectivity index (χ2n) is 6.59. The van der Waals surface area contributed by atoms with Crippen molar-refractivity contribution in [1.29, 1.82) is 0 Å². The Morgan fingerprint density at radius 2 is 1.79 bits per heavy atom. The Hall–Kier alpha value is -2.78. The zero-order valence-corrected chi connectivity index (χ0v) is 16.7. The topological polar surface area (TPSA) is 66.5 Å². The molecular formula is C20H16F2N2O3S2. The van der Waals surface area contributed by atoms with Gasteiger partial charge in [0, 0.05) is 18.8 Å². The average Bonchev–Trinajstić information content (AvgIpc) is 3.21. The summed E-state index contributed by atoms with van der Waals surface area (Å²) in [5.41, 5.74) is 1.97. The Kier molecular flexibility index (Phi) is 5.10. The average molecular weight is 434 g/mol. The first kappa shape index (κ1) is 19.5. The minimum atomic E-state index is -4.45. The van der Waals surface area contributed by atoms with E-state index in [1.165, 1.54) is 11.3 Å². The first-order valence-electron chi connectivity index (χ1n) is 8.76. The molecule has 9 heteroatoms. The summed E-state index contributed by atoms with van der Waals surface area (Å²) in [5, 5.41) is 1.83. The third-order valence-corrected chi connectivity index (χ3v) is 6.97. The number of hydrogen-bond donors (Lipinski definition) is 1. The summed E-state index contributed by atoms with van der Waals surface area (Å²) >= 11 is 1.36. The maximum Gasteiger partial charge on any atom is 0.267 e. The van der Waals surface area contributed by atoms with Crippen LogP contribution in [0.3, 0.4) is 0 Å². The lowest BCUT2D eigenvalue weighted by Gasteiger charge is -2.29. The molecule has 1 aliphatic heterocycles. The number of anilines is 1. The summed E-state index contributed by atoms with van der Waals surface area (Å²) in [6.45, 7) is 0.894. The van der Waals surface area contributed by atoms with Crippen LogP contribution in [-0.4, -0.2) is 25.8 Å². The van der Waals surface area contributed by atoms with Crippen LogP contribution in [0, 0.1) is 11.6 Å². The summed E-state index contributed by atoms with van der Waals surface area (Å²) in [6, 6.07) is 11.3. The number of amides is 1. The molecule has 150 valence electrons. The van der Waals surface area contributed by atoms with Gasteiger partial charge in [-0.1, -0.05) is 18.2 Å². The fraction of sp³-hybridized carbons (Fsp3) is 0.150. The Morgan fingerprint density at radius 1 is 1.03 bits per heavy atom. The molecular weight excluding hydrogens is 418 g/mol. The fourth-order valence-electron chi connectivity index (χ4n) is 3.30. The molecule has 1 amide bonds. The molecule has 2 aromatic carbocycles. The Labute approximate surface area is 170 Å². The summed E-state index contributed by atoms with van der Waals surface area (Å²) in [6.07, 6.45) is 0.640. The van der Waals surface area contributed by atoms with Crippen molar-refractivity contribution in [3.05, 3.63) is 81.5 Å². The van der Waals surface area contributed by atoms with Crippen LogP contribution in [-0.2, 0) is 23.0 Å². The summed E-state index contributed by atoms with van der Waals surface area (Å²) in [7, 11) is -4.45. The first-order valence-corrected chi connectivity index (χ1v) is 11.1. The van der Waals surface area contributed by atoms with Gasteiger partial charge in [0.05, 0.1) is 4.88 Å². The largest absolute Gasteiger partial charge is 0.333 e. The van der Waals surface area contributed by atoms with Gasteiger partial charge < -0.3 is 4.90 Å². The number of fused-ring (bicyclic) bond motifs is 1. The Balaban J connectivity index is 1.59. The van der Waals surface area contributed by atoms with Gasteiger partial charge in [0.15, 0.2) is 4.90 Å². The summed E-state index contributed by atoms with van der Waals surface area (Å²) in [5.74, 6) is -2.41. The van der Waals surface area contributed by atoms with Crippen molar-refractivity contribution in [2.45, 2.75) is 17.9 Å². The lowest BCUT2D eigenvalue weighted by Crippen LogP contribution is -2.35. The van der Waals surface area contributed by atoms with E-state index < -0.39 is 26.6 Å². The van der Waals surface area contributed by atoms with Crippen molar-refractivity contribution in [3.63, 3.8) is 0 Å². The van der Waals surface area contributed by atoms with E-state index in [0.29, 0.717) is 24.4 Å². The van der Waals surface area contributed by atoms with E-state index in [2.05, 4.69) is 4.72 Å². The predicted octanol–water partition coefficient (Wildman–Crippen LogP) is 4.03. The van der Waals surface area contributed by atoms with Crippen molar-refractivity contribution in [2.75, 3.05) is 11.3 Å². The third kappa shape index (κ3) is 3.88. The van der Waals surface area contributed by atoms with Crippen molar-refractivity contribution in [1.82, 2.24) is 4.90 Å². The molecule has 1 N–H and O–H groups in total. The Morgan fingerprint density at radius 3 is 2.48 bits per heavy atom. The number of sulfonamides is 1. The molecule has 0 bridgehead atoms. The number of benzene rings is 2. The second-order valence-corrected chi connectivity index (χ2v) is 9.16. The number of thiophene rings is 1. The standard InChI is InChI=1S/C20H16F2N2O3S2/c21-16-3-1-4-17(22)19(16)29(26,27)23-15-7-6-13-8-9-24(12-14(13)11-15)20(25)18-5-2-10-28-18/h1-7,10-11,23H,8-9,12H2. The highest BCUT2D eigenvalue weighted by molar-refractivity contribution is 7.92. The number of nitrogens with one attached hydrogen (secondary N) is 1. The molecule has 3 aromatic rings. The normalized spacial score (nSPS) is 13.8. The number of halogens is 2. The molecule has 1 aromatic heterocycles. The number of hydrogen-bond acceptors (Lipinski definition) is 4. The van der Waals surface area contributed by atoms with Crippen LogP contribution < -0.4 is 4.72 Å². The molecule has 29 heavy (non-hydrogen) atoms. The van der Waals surface area contributed by atoms with E-state index in [4.69, 9.17) is 0 Å². The van der Waals surface area contributed by atoms with Gasteiger partial charge in [0.2, 0.25) is 0 Å². The van der Waals surface area contributed by atoms with Crippen LogP contribution in [0.5, 0.6) is 0 Å². The zero-order valence-electron chi connectivity index (χ0n) is 15.1. The number of nitrogens with zero attached hydrogens (tertiary/aromatic N) is 1. The molecule has 0 spiro atoms.